The largest absolute Gasteiger partial charge is 0.310 e. The average Bonchev–Trinajstić information content (AvgIpc) is 3.79. The Morgan fingerprint density at radius 3 is 1.56 bits per heavy atom. The van der Waals surface area contributed by atoms with Crippen LogP contribution in [0.25, 0.3) is 82.8 Å². The van der Waals surface area contributed by atoms with Gasteiger partial charge in [0.1, 0.15) is 8.07 Å². The predicted molar refractivity (Wildman–Crippen MR) is 271 cm³/mol. The van der Waals surface area contributed by atoms with Crippen LogP contribution in [0.1, 0.15) is 0 Å². The van der Waals surface area contributed by atoms with Crippen molar-refractivity contribution in [3.05, 3.63) is 231 Å². The lowest BCUT2D eigenvalue weighted by Crippen LogP contribution is -2.49. The summed E-state index contributed by atoms with van der Waals surface area (Å²) in [6, 6.07) is 84.9. The Hall–Kier alpha value is -7.72. The molecule has 0 spiro atoms. The molecule has 298 valence electrons. The van der Waals surface area contributed by atoms with Crippen molar-refractivity contribution in [1.29, 1.82) is 0 Å². The van der Waals surface area contributed by atoms with E-state index in [-0.39, 0.29) is 0 Å². The van der Waals surface area contributed by atoms with Gasteiger partial charge in [-0.1, -0.05) is 171 Å². The Kier molecular flexibility index (Phi) is 8.67. The molecule has 2 heterocycles. The first-order valence-electron chi connectivity index (χ1n) is 21.9. The molecule has 0 aliphatic carbocycles. The third-order valence-corrected chi connectivity index (χ3v) is 16.9. The van der Waals surface area contributed by atoms with E-state index < -0.39 is 8.07 Å². The number of aromatic nitrogens is 1. The highest BCUT2D eigenvalue weighted by Gasteiger charge is 2.38. The van der Waals surface area contributed by atoms with E-state index in [1.165, 1.54) is 93.1 Å². The van der Waals surface area contributed by atoms with Gasteiger partial charge in [-0.25, -0.2) is 0 Å². The average molecular weight is 821 g/mol. The van der Waals surface area contributed by atoms with E-state index in [0.717, 1.165) is 17.1 Å². The van der Waals surface area contributed by atoms with Crippen LogP contribution in [0.15, 0.2) is 231 Å². The van der Waals surface area contributed by atoms with Gasteiger partial charge in [-0.15, -0.1) is 0 Å². The predicted octanol–water partition coefficient (Wildman–Crippen LogP) is 15.2. The zero-order valence-corrected chi connectivity index (χ0v) is 36.3. The minimum Gasteiger partial charge on any atom is -0.310 e. The van der Waals surface area contributed by atoms with E-state index in [0.29, 0.717) is 0 Å². The molecule has 0 fully saturated rings. The summed E-state index contributed by atoms with van der Waals surface area (Å²) in [5.74, 6) is 0. The highest BCUT2D eigenvalue weighted by Crippen LogP contribution is 2.43. The van der Waals surface area contributed by atoms with Crippen LogP contribution >= 0.6 is 0 Å². The van der Waals surface area contributed by atoms with Gasteiger partial charge in [0.05, 0.1) is 11.0 Å². The van der Waals surface area contributed by atoms with Crippen LogP contribution in [-0.2, 0) is 0 Å². The van der Waals surface area contributed by atoms with Gasteiger partial charge in [-0.3, -0.25) is 0 Å². The van der Waals surface area contributed by atoms with Crippen LogP contribution in [0, 0.1) is 0 Å². The standard InChI is InChI=1S/C60H44N2Si/c1-63(2)58-24-13-12-23-52(58)60-53-40-55-54-38-46(29-35-56(54)62(48-20-10-5-11-21-48)57(55)39-47(53)30-36-59(60)63)45-19-14-22-51(37-45)61(49-31-25-43(26-32-49)41-15-6-3-7-16-41)50-33-27-44(28-34-50)42-17-8-4-9-18-42/h3-40H,1-2H3. The number of rotatable bonds is 7. The van der Waals surface area contributed by atoms with Crippen molar-refractivity contribution in [2.24, 2.45) is 0 Å². The highest BCUT2D eigenvalue weighted by atomic mass is 28.3. The maximum absolute atomic E-state index is 2.50. The van der Waals surface area contributed by atoms with E-state index in [2.05, 4.69) is 253 Å². The van der Waals surface area contributed by atoms with Crippen molar-refractivity contribution >= 4 is 68.1 Å². The molecule has 1 aliphatic heterocycles. The molecular formula is C60H44N2Si. The molecule has 0 saturated heterocycles. The van der Waals surface area contributed by atoms with Gasteiger partial charge in [0, 0.05) is 33.5 Å². The monoisotopic (exact) mass is 820 g/mol. The van der Waals surface area contributed by atoms with Crippen molar-refractivity contribution in [3.63, 3.8) is 0 Å². The first-order valence-corrected chi connectivity index (χ1v) is 24.9. The summed E-state index contributed by atoms with van der Waals surface area (Å²) in [5.41, 5.74) is 16.9. The summed E-state index contributed by atoms with van der Waals surface area (Å²) in [7, 11) is -1.83. The molecule has 63 heavy (non-hydrogen) atoms. The Labute approximate surface area is 369 Å². The quantitative estimate of drug-likeness (QED) is 0.145. The Morgan fingerprint density at radius 1 is 0.349 bits per heavy atom. The molecule has 1 aromatic heterocycles. The summed E-state index contributed by atoms with van der Waals surface area (Å²) in [4.78, 5) is 2.38. The molecule has 0 radical (unpaired) electrons. The van der Waals surface area contributed by atoms with Gasteiger partial charge in [0.15, 0.2) is 0 Å². The third-order valence-electron chi connectivity index (χ3n) is 13.4. The van der Waals surface area contributed by atoms with Crippen molar-refractivity contribution < 1.29 is 0 Å². The second-order valence-corrected chi connectivity index (χ2v) is 21.7. The SMILES string of the molecule is C[Si]1(C)c2ccccc2-c2c1ccc1cc3c(cc21)c1cc(-c2cccc(N(c4ccc(-c5ccccc5)cc4)c4ccc(-c5ccccc5)cc4)c2)ccc1n3-c1ccccc1. The number of hydrogen-bond donors (Lipinski definition) is 0. The number of anilines is 3. The molecule has 0 N–H and O–H groups in total. The van der Waals surface area contributed by atoms with Crippen molar-refractivity contribution in [2.75, 3.05) is 4.90 Å². The van der Waals surface area contributed by atoms with Gasteiger partial charge >= 0.3 is 0 Å². The van der Waals surface area contributed by atoms with Crippen molar-refractivity contribution in [2.45, 2.75) is 13.1 Å². The Morgan fingerprint density at radius 2 is 0.889 bits per heavy atom. The summed E-state index contributed by atoms with van der Waals surface area (Å²) in [6.45, 7) is 5.01. The van der Waals surface area contributed by atoms with E-state index in [4.69, 9.17) is 0 Å². The first kappa shape index (κ1) is 37.1. The fraction of sp³-hybridized carbons (Fsp3) is 0.0333. The molecule has 0 unspecified atom stereocenters. The number of fused-ring (bicyclic) bond motifs is 8. The molecule has 11 aromatic rings. The summed E-state index contributed by atoms with van der Waals surface area (Å²) < 4.78 is 2.45. The zero-order chi connectivity index (χ0) is 42.1. The maximum atomic E-state index is 2.50. The zero-order valence-electron chi connectivity index (χ0n) is 35.3. The lowest BCUT2D eigenvalue weighted by molar-refractivity contribution is 1.18. The summed E-state index contributed by atoms with van der Waals surface area (Å²) >= 11 is 0. The van der Waals surface area contributed by atoms with E-state index in [1.54, 1.807) is 0 Å². The molecule has 12 rings (SSSR count). The number of benzene rings is 10. The number of para-hydroxylation sites is 1. The second kappa shape index (κ2) is 14.7. The molecule has 2 nitrogen and oxygen atoms in total. The van der Waals surface area contributed by atoms with Gasteiger partial charge in [-0.2, -0.15) is 0 Å². The molecule has 0 saturated carbocycles. The molecular weight excluding hydrogens is 777 g/mol. The van der Waals surface area contributed by atoms with Crippen molar-refractivity contribution in [3.8, 4) is 50.2 Å². The minimum atomic E-state index is -1.83. The van der Waals surface area contributed by atoms with Crippen LogP contribution in [0.4, 0.5) is 17.1 Å². The van der Waals surface area contributed by atoms with Gasteiger partial charge < -0.3 is 9.47 Å². The lowest BCUT2D eigenvalue weighted by Gasteiger charge is -2.26. The normalized spacial score (nSPS) is 12.7. The fourth-order valence-electron chi connectivity index (χ4n) is 10.2. The topological polar surface area (TPSA) is 8.17 Å². The summed E-state index contributed by atoms with van der Waals surface area (Å²) in [6.07, 6.45) is 0. The number of hydrogen-bond acceptors (Lipinski definition) is 1. The van der Waals surface area contributed by atoms with Gasteiger partial charge in [-0.05, 0) is 138 Å². The Balaban J connectivity index is 1.02. The van der Waals surface area contributed by atoms with Gasteiger partial charge in [0.25, 0.3) is 0 Å². The number of nitrogens with zero attached hydrogens (tertiary/aromatic N) is 2. The first-order chi connectivity index (χ1) is 31.0. The fourth-order valence-corrected chi connectivity index (χ4v) is 13.3. The van der Waals surface area contributed by atoms with Crippen molar-refractivity contribution in [1.82, 2.24) is 4.57 Å². The van der Waals surface area contributed by atoms with Gasteiger partial charge in [0.2, 0.25) is 0 Å². The second-order valence-electron chi connectivity index (χ2n) is 17.4. The van der Waals surface area contributed by atoms with Crippen LogP contribution < -0.4 is 15.3 Å². The molecule has 1 aliphatic rings. The smallest absolute Gasteiger partial charge is 0.113 e. The summed E-state index contributed by atoms with van der Waals surface area (Å²) in [5, 5.41) is 8.23. The van der Waals surface area contributed by atoms with E-state index in [9.17, 15) is 0 Å². The molecule has 10 aromatic carbocycles. The molecule has 0 amide bonds. The van der Waals surface area contributed by atoms with E-state index >= 15 is 0 Å². The Bertz CT molecular complexity index is 3410. The van der Waals surface area contributed by atoms with Crippen LogP contribution in [0.3, 0.4) is 0 Å². The maximum Gasteiger partial charge on any atom is 0.113 e. The van der Waals surface area contributed by atoms with Crippen LogP contribution in [-0.4, -0.2) is 12.6 Å². The third kappa shape index (κ3) is 6.15. The highest BCUT2D eigenvalue weighted by molar-refractivity contribution is 7.04. The molecule has 0 atom stereocenters. The minimum absolute atomic E-state index is 1.10. The van der Waals surface area contributed by atoms with E-state index in [1.807, 2.05) is 0 Å². The van der Waals surface area contributed by atoms with Crippen LogP contribution in [0.2, 0.25) is 13.1 Å². The molecule has 3 heteroatoms. The van der Waals surface area contributed by atoms with Crippen LogP contribution in [0.5, 0.6) is 0 Å². The molecule has 0 bridgehead atoms. The lowest BCUT2D eigenvalue weighted by atomic mass is 9.96.